The van der Waals surface area contributed by atoms with Gasteiger partial charge in [-0.1, -0.05) is 91.3 Å². The van der Waals surface area contributed by atoms with E-state index in [-0.39, 0.29) is 41.6 Å². The Balaban J connectivity index is 1.23. The molecule has 0 unspecified atom stereocenters. The second kappa shape index (κ2) is 17.5. The van der Waals surface area contributed by atoms with Gasteiger partial charge < -0.3 is 25.0 Å². The van der Waals surface area contributed by atoms with Gasteiger partial charge in [-0.25, -0.2) is 13.2 Å². The molecule has 6 rings (SSSR count). The van der Waals surface area contributed by atoms with Crippen LogP contribution >= 0.6 is 11.8 Å². The van der Waals surface area contributed by atoms with Crippen molar-refractivity contribution in [2.24, 2.45) is 5.92 Å². The Morgan fingerprint density at radius 1 is 0.815 bits per heavy atom. The Kier molecular flexibility index (Phi) is 12.6. The highest BCUT2D eigenvalue weighted by molar-refractivity contribution is 7.99. The maximum atomic E-state index is 13.9. The van der Waals surface area contributed by atoms with Gasteiger partial charge in [0.05, 0.1) is 29.3 Å². The molecule has 1 amide bonds. The minimum absolute atomic E-state index is 0.0623. The molecule has 0 saturated carbocycles. The van der Waals surface area contributed by atoms with Crippen molar-refractivity contribution in [2.75, 3.05) is 11.1 Å². The number of hydrogen-bond donors (Lipinski definition) is 4. The van der Waals surface area contributed by atoms with E-state index in [2.05, 4.69) is 17.0 Å². The van der Waals surface area contributed by atoms with Crippen LogP contribution in [0.25, 0.3) is 0 Å². The maximum Gasteiger partial charge on any atom is 0.335 e. The largest absolute Gasteiger partial charge is 0.478 e. The van der Waals surface area contributed by atoms with Crippen LogP contribution < -0.4 is 10.0 Å². The van der Waals surface area contributed by atoms with Gasteiger partial charge in [0.25, 0.3) is 0 Å². The van der Waals surface area contributed by atoms with E-state index in [1.165, 1.54) is 12.1 Å². The third-order valence-electron chi connectivity index (χ3n) is 9.29. The molecule has 10 nitrogen and oxygen atoms in total. The van der Waals surface area contributed by atoms with Crippen LogP contribution in [0, 0.1) is 12.8 Å². The molecule has 1 saturated heterocycles. The number of hydrogen-bond acceptors (Lipinski definition) is 8. The summed E-state index contributed by atoms with van der Waals surface area (Å²) >= 11 is 1.55. The molecule has 54 heavy (non-hydrogen) atoms. The first-order valence-corrected chi connectivity index (χ1v) is 20.0. The highest BCUT2D eigenvalue weighted by atomic mass is 32.2. The summed E-state index contributed by atoms with van der Waals surface area (Å²) in [6, 6.07) is 35.9. The first kappa shape index (κ1) is 38.9. The number of amides is 1. The van der Waals surface area contributed by atoms with Gasteiger partial charge >= 0.3 is 5.97 Å². The fourth-order valence-corrected chi connectivity index (χ4v) is 8.45. The first-order valence-electron chi connectivity index (χ1n) is 17.5. The van der Waals surface area contributed by atoms with E-state index in [1.54, 1.807) is 66.4 Å². The summed E-state index contributed by atoms with van der Waals surface area (Å²) in [5.41, 5.74) is 4.70. The van der Waals surface area contributed by atoms with E-state index < -0.39 is 34.2 Å². The van der Waals surface area contributed by atoms with Crippen molar-refractivity contribution in [2.45, 2.75) is 61.2 Å². The number of nitrogens with one attached hydrogen (secondary N) is 2. The van der Waals surface area contributed by atoms with E-state index in [0.29, 0.717) is 17.0 Å². The summed E-state index contributed by atoms with van der Waals surface area (Å²) in [7, 11) is -4.03. The first-order chi connectivity index (χ1) is 26.0. The number of carboxylic acids is 1. The lowest BCUT2D eigenvalue weighted by atomic mass is 9.91. The predicted octanol–water partition coefficient (Wildman–Crippen LogP) is 7.30. The average Bonchev–Trinajstić information content (AvgIpc) is 3.18. The van der Waals surface area contributed by atoms with Crippen molar-refractivity contribution in [3.8, 4) is 0 Å². The molecule has 0 bridgehead atoms. The molecule has 5 aromatic carbocycles. The molecule has 280 valence electrons. The summed E-state index contributed by atoms with van der Waals surface area (Å²) in [6.45, 7) is 3.85. The van der Waals surface area contributed by atoms with Gasteiger partial charge in [-0.2, -0.15) is 4.72 Å². The number of aliphatic hydroxyl groups excluding tert-OH is 1. The monoisotopic (exact) mass is 766 g/mol. The second-order valence-electron chi connectivity index (χ2n) is 13.3. The van der Waals surface area contributed by atoms with E-state index >= 15 is 0 Å². The van der Waals surface area contributed by atoms with E-state index in [0.717, 1.165) is 27.1 Å². The topological polar surface area (TPSA) is 151 Å². The van der Waals surface area contributed by atoms with Crippen LogP contribution in [-0.4, -0.2) is 48.4 Å². The fourth-order valence-electron chi connectivity index (χ4n) is 6.18. The molecular weight excluding hydrogens is 725 g/mol. The number of aryl methyl sites for hydroxylation is 1. The number of rotatable bonds is 14. The Labute approximate surface area is 319 Å². The zero-order chi connectivity index (χ0) is 38.2. The Morgan fingerprint density at radius 3 is 2.19 bits per heavy atom. The number of aromatic carboxylic acids is 1. The predicted molar refractivity (Wildman–Crippen MR) is 208 cm³/mol. The lowest BCUT2D eigenvalue weighted by molar-refractivity contribution is -0.268. The number of carboxylic acid groups (broad SMARTS) is 1. The van der Waals surface area contributed by atoms with Gasteiger partial charge in [0.15, 0.2) is 6.29 Å². The standard InChI is InChI=1S/C42H42N2O8S2/c1-27-11-21-36(22-12-27)54(49,50)44-37(23-29-7-4-3-5-8-29)40(46)43-34-10-6-9-33(24-34)42-51-38(26-53-35-19-17-32(18-20-35)41(47)48)28(2)39(52-42)31-15-13-30(25-45)14-16-31/h3-22,24,28,37-39,42,44-45H,23,25-26H2,1-2H3,(H,43,46)(H,47,48)/t28-,37-,38+,39+,42+/m1/s1. The van der Waals surface area contributed by atoms with Crippen LogP contribution in [0.4, 0.5) is 5.69 Å². The van der Waals surface area contributed by atoms with Crippen molar-refractivity contribution in [3.63, 3.8) is 0 Å². The minimum Gasteiger partial charge on any atom is -0.478 e. The zero-order valence-corrected chi connectivity index (χ0v) is 31.4. The van der Waals surface area contributed by atoms with Gasteiger partial charge in [-0.15, -0.1) is 11.8 Å². The molecule has 0 spiro atoms. The quantitative estimate of drug-likeness (QED) is 0.0854. The number of anilines is 1. The minimum atomic E-state index is -4.03. The van der Waals surface area contributed by atoms with Crippen molar-refractivity contribution in [1.29, 1.82) is 0 Å². The summed E-state index contributed by atoms with van der Waals surface area (Å²) in [5, 5.41) is 21.8. The van der Waals surface area contributed by atoms with Crippen LogP contribution in [0.1, 0.15) is 57.5 Å². The van der Waals surface area contributed by atoms with Gasteiger partial charge in [0, 0.05) is 27.8 Å². The molecule has 5 atom stereocenters. The summed E-state index contributed by atoms with van der Waals surface area (Å²) in [5.74, 6) is -1.05. The third-order valence-corrected chi connectivity index (χ3v) is 11.9. The van der Waals surface area contributed by atoms with Crippen LogP contribution in [-0.2, 0) is 37.3 Å². The summed E-state index contributed by atoms with van der Waals surface area (Å²) in [4.78, 5) is 26.2. The number of aliphatic hydroxyl groups is 1. The number of thioether (sulfide) groups is 1. The smallest absolute Gasteiger partial charge is 0.335 e. The Bertz CT molecular complexity index is 2150. The number of carbonyl (C=O) groups is 2. The van der Waals surface area contributed by atoms with E-state index in [1.807, 2.05) is 67.6 Å². The molecule has 1 aliphatic heterocycles. The van der Waals surface area contributed by atoms with Gasteiger partial charge in [0.2, 0.25) is 15.9 Å². The number of ether oxygens (including phenoxy) is 2. The Morgan fingerprint density at radius 2 is 1.52 bits per heavy atom. The fraction of sp³-hybridized carbons (Fsp3) is 0.238. The third kappa shape index (κ3) is 9.83. The van der Waals surface area contributed by atoms with E-state index in [4.69, 9.17) is 9.47 Å². The van der Waals surface area contributed by atoms with Crippen molar-refractivity contribution in [1.82, 2.24) is 4.72 Å². The molecule has 0 radical (unpaired) electrons. The zero-order valence-electron chi connectivity index (χ0n) is 29.8. The van der Waals surface area contributed by atoms with Crippen molar-refractivity contribution < 1.29 is 37.7 Å². The highest BCUT2D eigenvalue weighted by Gasteiger charge is 2.38. The maximum absolute atomic E-state index is 13.9. The molecule has 12 heteroatoms. The molecule has 1 aliphatic rings. The lowest BCUT2D eigenvalue weighted by Crippen LogP contribution is -2.45. The molecule has 5 aromatic rings. The van der Waals surface area contributed by atoms with Crippen LogP contribution in [0.2, 0.25) is 0 Å². The molecule has 4 N–H and O–H groups in total. The molecule has 1 fully saturated rings. The second-order valence-corrected chi connectivity index (χ2v) is 16.1. The van der Waals surface area contributed by atoms with Crippen LogP contribution in [0.15, 0.2) is 137 Å². The molecule has 1 heterocycles. The van der Waals surface area contributed by atoms with Crippen LogP contribution in [0.3, 0.4) is 0 Å². The average molecular weight is 767 g/mol. The lowest BCUT2D eigenvalue weighted by Gasteiger charge is -2.41. The number of sulfonamides is 1. The number of benzene rings is 5. The van der Waals surface area contributed by atoms with Gasteiger partial charge in [0.1, 0.15) is 6.04 Å². The van der Waals surface area contributed by atoms with E-state index in [9.17, 15) is 28.2 Å². The SMILES string of the molecule is Cc1ccc(S(=O)(=O)N[C@H](Cc2ccccc2)C(=O)Nc2cccc([C@H]3O[C@@H](CSc4ccc(C(=O)O)cc4)[C@@H](C)[C@@H](c4ccc(CO)cc4)O3)c2)cc1. The molecular formula is C42H42N2O8S2. The van der Waals surface area contributed by atoms with Crippen LogP contribution in [0.5, 0.6) is 0 Å². The normalized spacial score (nSPS) is 19.2. The Hall–Kier alpha value is -4.82. The van der Waals surface area contributed by atoms with Gasteiger partial charge in [-0.3, -0.25) is 4.79 Å². The highest BCUT2D eigenvalue weighted by Crippen LogP contribution is 2.43. The molecule has 0 aliphatic carbocycles. The molecule has 0 aromatic heterocycles. The van der Waals surface area contributed by atoms with Crippen molar-refractivity contribution >= 4 is 39.3 Å². The summed E-state index contributed by atoms with van der Waals surface area (Å²) < 4.78 is 42.7. The van der Waals surface area contributed by atoms with Gasteiger partial charge in [-0.05, 0) is 78.6 Å². The number of carbonyl (C=O) groups excluding carboxylic acids is 1. The summed E-state index contributed by atoms with van der Waals surface area (Å²) in [6.07, 6.45) is -1.36. The van der Waals surface area contributed by atoms with Crippen molar-refractivity contribution in [3.05, 3.63) is 161 Å².